The molecule has 9 nitrogen and oxygen atoms in total. The number of anilines is 1. The molecule has 0 fully saturated rings. The molecular weight excluding hydrogens is 432 g/mol. The summed E-state index contributed by atoms with van der Waals surface area (Å²) in [6, 6.07) is 16.6. The second-order valence-corrected chi connectivity index (χ2v) is 8.98. The Morgan fingerprint density at radius 1 is 1.06 bits per heavy atom. The third-order valence-electron chi connectivity index (χ3n) is 4.64. The van der Waals surface area contributed by atoms with Crippen LogP contribution < -0.4 is 5.32 Å². The Kier molecular flexibility index (Phi) is 6.15. The molecule has 0 spiro atoms. The van der Waals surface area contributed by atoms with Crippen LogP contribution in [0.25, 0.3) is 11.5 Å². The maximum absolute atomic E-state index is 13.2. The zero-order chi connectivity index (χ0) is 22.6. The lowest BCUT2D eigenvalue weighted by Crippen LogP contribution is -2.37. The summed E-state index contributed by atoms with van der Waals surface area (Å²) in [6.07, 6.45) is 2.66. The molecule has 4 aromatic rings. The normalized spacial score (nSPS) is 11.6. The van der Waals surface area contributed by atoms with Gasteiger partial charge in [-0.3, -0.25) is 4.79 Å². The molecule has 32 heavy (non-hydrogen) atoms. The van der Waals surface area contributed by atoms with Crippen LogP contribution in [0, 0.1) is 6.92 Å². The molecule has 0 radical (unpaired) electrons. The Hall–Kier alpha value is -3.76. The molecule has 0 aliphatic heterocycles. The van der Waals surface area contributed by atoms with E-state index < -0.39 is 22.5 Å². The van der Waals surface area contributed by atoms with E-state index in [2.05, 4.69) is 15.5 Å². The van der Waals surface area contributed by atoms with Crippen LogP contribution in [-0.4, -0.2) is 35.4 Å². The molecule has 0 aliphatic carbocycles. The maximum atomic E-state index is 13.2. The van der Waals surface area contributed by atoms with Gasteiger partial charge < -0.3 is 14.2 Å². The summed E-state index contributed by atoms with van der Waals surface area (Å²) in [7, 11) is -3.95. The monoisotopic (exact) mass is 452 g/mol. The van der Waals surface area contributed by atoms with Crippen molar-refractivity contribution in [2.24, 2.45) is 0 Å². The van der Waals surface area contributed by atoms with Gasteiger partial charge in [-0.15, -0.1) is 10.2 Å². The minimum absolute atomic E-state index is 0.0847. The van der Waals surface area contributed by atoms with Gasteiger partial charge in [0, 0.05) is 11.3 Å². The van der Waals surface area contributed by atoms with E-state index in [1.54, 1.807) is 48.5 Å². The first-order valence-electron chi connectivity index (χ1n) is 9.67. The first-order chi connectivity index (χ1) is 15.4. The van der Waals surface area contributed by atoms with Crippen LogP contribution in [0.15, 0.2) is 87.1 Å². The summed E-state index contributed by atoms with van der Waals surface area (Å²) in [6.45, 7) is 1.38. The zero-order valence-electron chi connectivity index (χ0n) is 17.1. The van der Waals surface area contributed by atoms with Gasteiger partial charge in [-0.05, 0) is 49.4 Å². The van der Waals surface area contributed by atoms with Crippen molar-refractivity contribution < 1.29 is 22.0 Å². The van der Waals surface area contributed by atoms with Crippen molar-refractivity contribution in [3.05, 3.63) is 84.6 Å². The second-order valence-electron chi connectivity index (χ2n) is 7.04. The number of carbonyl (C=O) groups excluding carboxylic acids is 1. The second kappa shape index (κ2) is 9.16. The molecular formula is C22H20N4O5S. The van der Waals surface area contributed by atoms with E-state index in [0.717, 1.165) is 9.87 Å². The number of aromatic nitrogens is 2. The number of nitrogens with one attached hydrogen (secondary N) is 1. The largest absolute Gasteiger partial charge is 0.468 e. The van der Waals surface area contributed by atoms with Crippen molar-refractivity contribution in [2.75, 3.05) is 11.9 Å². The third-order valence-corrected chi connectivity index (χ3v) is 6.45. The highest BCUT2D eigenvalue weighted by Crippen LogP contribution is 2.22. The van der Waals surface area contributed by atoms with Crippen molar-refractivity contribution in [3.63, 3.8) is 0 Å². The van der Waals surface area contributed by atoms with E-state index in [-0.39, 0.29) is 11.4 Å². The van der Waals surface area contributed by atoms with E-state index in [1.807, 2.05) is 6.92 Å². The molecule has 2 heterocycles. The molecule has 1 amide bonds. The van der Waals surface area contributed by atoms with Crippen molar-refractivity contribution in [3.8, 4) is 11.5 Å². The number of hydrogen-bond acceptors (Lipinski definition) is 7. The Bertz CT molecular complexity index is 1280. The molecule has 0 atom stereocenters. The predicted octanol–water partition coefficient (Wildman–Crippen LogP) is 3.47. The van der Waals surface area contributed by atoms with Gasteiger partial charge in [-0.25, -0.2) is 8.42 Å². The molecule has 0 saturated carbocycles. The topological polar surface area (TPSA) is 119 Å². The van der Waals surface area contributed by atoms with Gasteiger partial charge in [-0.1, -0.05) is 23.8 Å². The maximum Gasteiger partial charge on any atom is 0.247 e. The quantitative estimate of drug-likeness (QED) is 0.435. The zero-order valence-corrected chi connectivity index (χ0v) is 18.0. The Morgan fingerprint density at radius 2 is 1.88 bits per heavy atom. The van der Waals surface area contributed by atoms with Crippen molar-refractivity contribution in [1.29, 1.82) is 0 Å². The lowest BCUT2D eigenvalue weighted by atomic mass is 10.2. The van der Waals surface area contributed by atoms with E-state index >= 15 is 0 Å². The molecule has 0 saturated heterocycles. The number of nitrogens with zero attached hydrogens (tertiary/aromatic N) is 3. The standard InChI is InChI=1S/C22H20N4O5S/c1-16-7-9-20(10-8-16)32(28,29)26(13-19-6-3-11-30-19)14-21(27)24-18-5-2-4-17(12-18)22-25-23-15-31-22/h2-12,15H,13-14H2,1H3,(H,24,27). The van der Waals surface area contributed by atoms with Crippen molar-refractivity contribution in [1.82, 2.24) is 14.5 Å². The predicted molar refractivity (Wildman–Crippen MR) is 116 cm³/mol. The Morgan fingerprint density at radius 3 is 2.56 bits per heavy atom. The first kappa shape index (κ1) is 21.5. The highest BCUT2D eigenvalue weighted by atomic mass is 32.2. The SMILES string of the molecule is Cc1ccc(S(=O)(=O)N(CC(=O)Nc2cccc(-c3nnco3)c2)Cc2ccco2)cc1. The van der Waals surface area contributed by atoms with E-state index in [9.17, 15) is 13.2 Å². The highest BCUT2D eigenvalue weighted by Gasteiger charge is 2.27. The van der Waals surface area contributed by atoms with Crippen LogP contribution in [0.1, 0.15) is 11.3 Å². The minimum atomic E-state index is -3.95. The molecule has 1 N–H and O–H groups in total. The molecule has 0 aliphatic rings. The average molecular weight is 452 g/mol. The number of carbonyl (C=O) groups is 1. The van der Waals surface area contributed by atoms with Crippen LogP contribution >= 0.6 is 0 Å². The number of furan rings is 1. The Labute approximate surface area is 184 Å². The van der Waals surface area contributed by atoms with Crippen LogP contribution in [-0.2, 0) is 21.4 Å². The van der Waals surface area contributed by atoms with Gasteiger partial charge in [0.05, 0.1) is 24.2 Å². The summed E-state index contributed by atoms with van der Waals surface area (Å²) < 4.78 is 38.0. The summed E-state index contributed by atoms with van der Waals surface area (Å²) in [5, 5.41) is 10.2. The smallest absolute Gasteiger partial charge is 0.247 e. The highest BCUT2D eigenvalue weighted by molar-refractivity contribution is 7.89. The van der Waals surface area contributed by atoms with Crippen LogP contribution in [0.4, 0.5) is 5.69 Å². The molecule has 4 rings (SSSR count). The van der Waals surface area contributed by atoms with Crippen LogP contribution in [0.5, 0.6) is 0 Å². The molecule has 164 valence electrons. The van der Waals surface area contributed by atoms with E-state index in [1.165, 1.54) is 24.8 Å². The molecule has 0 unspecified atom stereocenters. The van der Waals surface area contributed by atoms with E-state index in [4.69, 9.17) is 8.83 Å². The summed E-state index contributed by atoms with van der Waals surface area (Å²) >= 11 is 0. The Balaban J connectivity index is 1.55. The van der Waals surface area contributed by atoms with Gasteiger partial charge in [0.2, 0.25) is 28.2 Å². The molecule has 2 aromatic heterocycles. The fourth-order valence-electron chi connectivity index (χ4n) is 3.05. The minimum Gasteiger partial charge on any atom is -0.468 e. The fraction of sp³-hybridized carbons (Fsp3) is 0.136. The van der Waals surface area contributed by atoms with E-state index in [0.29, 0.717) is 22.9 Å². The lowest BCUT2D eigenvalue weighted by molar-refractivity contribution is -0.116. The number of hydrogen-bond donors (Lipinski definition) is 1. The average Bonchev–Trinajstić information content (AvgIpc) is 3.48. The van der Waals surface area contributed by atoms with Gasteiger partial charge in [-0.2, -0.15) is 4.31 Å². The van der Waals surface area contributed by atoms with Crippen molar-refractivity contribution >= 4 is 21.6 Å². The van der Waals surface area contributed by atoms with Crippen LogP contribution in [0.3, 0.4) is 0 Å². The van der Waals surface area contributed by atoms with Gasteiger partial charge in [0.25, 0.3) is 0 Å². The first-order valence-corrected chi connectivity index (χ1v) is 11.1. The number of rotatable bonds is 8. The van der Waals surface area contributed by atoms with Gasteiger partial charge >= 0.3 is 0 Å². The van der Waals surface area contributed by atoms with Gasteiger partial charge in [0.15, 0.2) is 0 Å². The summed E-state index contributed by atoms with van der Waals surface area (Å²) in [5.41, 5.74) is 2.02. The number of aryl methyl sites for hydroxylation is 1. The van der Waals surface area contributed by atoms with Gasteiger partial charge in [0.1, 0.15) is 5.76 Å². The number of benzene rings is 2. The lowest BCUT2D eigenvalue weighted by Gasteiger charge is -2.21. The number of sulfonamides is 1. The fourth-order valence-corrected chi connectivity index (χ4v) is 4.41. The third kappa shape index (κ3) is 4.93. The molecule has 2 aromatic carbocycles. The van der Waals surface area contributed by atoms with Crippen LogP contribution in [0.2, 0.25) is 0 Å². The summed E-state index contributed by atoms with van der Waals surface area (Å²) in [5.74, 6) is 0.226. The molecule has 0 bridgehead atoms. The van der Waals surface area contributed by atoms with Crippen molar-refractivity contribution in [2.45, 2.75) is 18.4 Å². The molecule has 10 heteroatoms. The number of amides is 1. The summed E-state index contributed by atoms with van der Waals surface area (Å²) in [4.78, 5) is 12.9.